The van der Waals surface area contributed by atoms with Crippen molar-refractivity contribution in [1.29, 1.82) is 5.41 Å². The summed E-state index contributed by atoms with van der Waals surface area (Å²) in [6, 6.07) is 12.8. The molecule has 1 amide bonds. The number of rotatable bonds is 3. The molecule has 0 saturated carbocycles. The van der Waals surface area contributed by atoms with Gasteiger partial charge in [-0.3, -0.25) is 15.1 Å². The van der Waals surface area contributed by atoms with E-state index in [-0.39, 0.29) is 11.1 Å². The van der Waals surface area contributed by atoms with Crippen molar-refractivity contribution in [3.63, 3.8) is 0 Å². The Kier molecular flexibility index (Phi) is 4.64. The molecule has 1 N–H and O–H groups in total. The highest BCUT2D eigenvalue weighted by Crippen LogP contribution is 2.37. The SMILES string of the molecule is COc1ccc(/C=C2\SC(=N)N(c3ccccc3C)C2=O)cc1Cl. The smallest absolute Gasteiger partial charge is 0.271 e. The Bertz CT molecular complexity index is 864. The number of para-hydroxylation sites is 1. The van der Waals surface area contributed by atoms with Crippen LogP contribution in [-0.4, -0.2) is 18.2 Å². The van der Waals surface area contributed by atoms with E-state index in [9.17, 15) is 4.79 Å². The first kappa shape index (κ1) is 16.6. The lowest BCUT2D eigenvalue weighted by atomic mass is 10.1. The van der Waals surface area contributed by atoms with E-state index in [1.807, 2.05) is 37.3 Å². The zero-order chi connectivity index (χ0) is 17.3. The van der Waals surface area contributed by atoms with E-state index in [0.29, 0.717) is 15.7 Å². The Hall–Kier alpha value is -2.24. The van der Waals surface area contributed by atoms with Crippen molar-refractivity contribution >= 4 is 46.2 Å². The summed E-state index contributed by atoms with van der Waals surface area (Å²) >= 11 is 7.27. The summed E-state index contributed by atoms with van der Waals surface area (Å²) in [6.07, 6.45) is 1.74. The molecular weight excluding hydrogens is 344 g/mol. The van der Waals surface area contributed by atoms with Gasteiger partial charge in [-0.15, -0.1) is 0 Å². The lowest BCUT2D eigenvalue weighted by Gasteiger charge is -2.16. The molecule has 6 heteroatoms. The van der Waals surface area contributed by atoms with E-state index in [2.05, 4.69) is 0 Å². The number of halogens is 1. The summed E-state index contributed by atoms with van der Waals surface area (Å²) in [7, 11) is 1.55. The van der Waals surface area contributed by atoms with E-state index >= 15 is 0 Å². The van der Waals surface area contributed by atoms with Gasteiger partial charge in [-0.2, -0.15) is 0 Å². The van der Waals surface area contributed by atoms with Crippen LogP contribution >= 0.6 is 23.4 Å². The van der Waals surface area contributed by atoms with E-state index in [4.69, 9.17) is 21.7 Å². The van der Waals surface area contributed by atoms with Crippen LogP contribution in [0.3, 0.4) is 0 Å². The lowest BCUT2D eigenvalue weighted by Crippen LogP contribution is -2.28. The summed E-state index contributed by atoms with van der Waals surface area (Å²) in [4.78, 5) is 14.6. The van der Waals surface area contributed by atoms with Crippen molar-refractivity contribution in [1.82, 2.24) is 0 Å². The molecule has 1 fully saturated rings. The molecule has 3 rings (SSSR count). The first-order valence-corrected chi connectivity index (χ1v) is 8.42. The molecule has 1 heterocycles. The van der Waals surface area contributed by atoms with Crippen LogP contribution in [0, 0.1) is 12.3 Å². The minimum Gasteiger partial charge on any atom is -0.495 e. The van der Waals surface area contributed by atoms with Gasteiger partial charge in [0.05, 0.1) is 22.7 Å². The molecule has 0 atom stereocenters. The number of carbonyl (C=O) groups is 1. The second-order valence-corrected chi connectivity index (χ2v) is 6.67. The van der Waals surface area contributed by atoms with Gasteiger partial charge in [0.15, 0.2) is 5.17 Å². The van der Waals surface area contributed by atoms with Crippen LogP contribution in [0.2, 0.25) is 5.02 Å². The predicted molar refractivity (Wildman–Crippen MR) is 100.0 cm³/mol. The number of methoxy groups -OCH3 is 1. The molecule has 0 spiro atoms. The molecule has 1 aliphatic heterocycles. The van der Waals surface area contributed by atoms with E-state index in [1.165, 1.54) is 4.90 Å². The standard InChI is InChI=1S/C18H15ClN2O2S/c1-11-5-3-4-6-14(11)21-17(22)16(24-18(21)20)10-12-7-8-15(23-2)13(19)9-12/h3-10,20H,1-2H3/b16-10-,20-18?. The molecule has 0 bridgehead atoms. The average Bonchev–Trinajstić information content (AvgIpc) is 2.82. The van der Waals surface area contributed by atoms with Gasteiger partial charge in [-0.05, 0) is 54.1 Å². The molecule has 4 nitrogen and oxygen atoms in total. The van der Waals surface area contributed by atoms with Crippen molar-refractivity contribution in [3.8, 4) is 5.75 Å². The first-order chi connectivity index (χ1) is 11.5. The number of aryl methyl sites for hydroxylation is 1. The van der Waals surface area contributed by atoms with Crippen LogP contribution in [0.4, 0.5) is 5.69 Å². The van der Waals surface area contributed by atoms with Crippen LogP contribution in [0.1, 0.15) is 11.1 Å². The van der Waals surface area contributed by atoms with E-state index < -0.39 is 0 Å². The highest BCUT2D eigenvalue weighted by Gasteiger charge is 2.34. The topological polar surface area (TPSA) is 53.4 Å². The van der Waals surface area contributed by atoms with E-state index in [0.717, 1.165) is 28.6 Å². The molecule has 0 aliphatic carbocycles. The van der Waals surface area contributed by atoms with Gasteiger partial charge in [0, 0.05) is 0 Å². The fourth-order valence-corrected chi connectivity index (χ4v) is 3.56. The van der Waals surface area contributed by atoms with Crippen molar-refractivity contribution in [2.45, 2.75) is 6.92 Å². The number of carbonyl (C=O) groups excluding carboxylic acids is 1. The minimum atomic E-state index is -0.203. The quantitative estimate of drug-likeness (QED) is 0.808. The van der Waals surface area contributed by atoms with Crippen LogP contribution in [-0.2, 0) is 4.79 Å². The number of thioether (sulfide) groups is 1. The average molecular weight is 359 g/mol. The molecule has 0 unspecified atom stereocenters. The lowest BCUT2D eigenvalue weighted by molar-refractivity contribution is -0.113. The van der Waals surface area contributed by atoms with Gasteiger partial charge in [0.1, 0.15) is 5.75 Å². The Balaban J connectivity index is 1.94. The number of amidine groups is 1. The first-order valence-electron chi connectivity index (χ1n) is 7.23. The third-order valence-corrected chi connectivity index (χ3v) is 4.84. The third kappa shape index (κ3) is 3.05. The normalized spacial score (nSPS) is 16.1. The number of ether oxygens (including phenoxy) is 1. The third-order valence-electron chi connectivity index (χ3n) is 3.65. The molecule has 24 heavy (non-hydrogen) atoms. The highest BCUT2D eigenvalue weighted by molar-refractivity contribution is 8.19. The Morgan fingerprint density at radius 1 is 1.25 bits per heavy atom. The number of nitrogens with zero attached hydrogens (tertiary/aromatic N) is 1. The number of anilines is 1. The van der Waals surface area contributed by atoms with Gasteiger partial charge in [0.25, 0.3) is 5.91 Å². The summed E-state index contributed by atoms with van der Waals surface area (Å²) < 4.78 is 5.13. The van der Waals surface area contributed by atoms with Gasteiger partial charge >= 0.3 is 0 Å². The number of hydrogen-bond acceptors (Lipinski definition) is 4. The van der Waals surface area contributed by atoms with Gasteiger partial charge in [-0.25, -0.2) is 0 Å². The highest BCUT2D eigenvalue weighted by atomic mass is 35.5. The predicted octanol–water partition coefficient (Wildman–Crippen LogP) is 4.71. The molecule has 1 saturated heterocycles. The summed E-state index contributed by atoms with van der Waals surface area (Å²) in [6.45, 7) is 1.92. The monoisotopic (exact) mass is 358 g/mol. The number of nitrogens with one attached hydrogen (secondary N) is 1. The van der Waals surface area contributed by atoms with Gasteiger partial charge in [-0.1, -0.05) is 35.9 Å². The zero-order valence-electron chi connectivity index (χ0n) is 13.2. The number of hydrogen-bond donors (Lipinski definition) is 1. The maximum absolute atomic E-state index is 12.7. The molecular formula is C18H15ClN2O2S. The van der Waals surface area contributed by atoms with Gasteiger partial charge < -0.3 is 4.74 Å². The second kappa shape index (κ2) is 6.71. The summed E-state index contributed by atoms with van der Waals surface area (Å²) in [5.74, 6) is 0.379. The second-order valence-electron chi connectivity index (χ2n) is 5.24. The van der Waals surface area contributed by atoms with Crippen molar-refractivity contribution in [2.24, 2.45) is 0 Å². The van der Waals surface area contributed by atoms with Crippen molar-refractivity contribution in [2.75, 3.05) is 12.0 Å². The van der Waals surface area contributed by atoms with Crippen LogP contribution in [0.5, 0.6) is 5.75 Å². The Morgan fingerprint density at radius 3 is 2.67 bits per heavy atom. The van der Waals surface area contributed by atoms with Crippen LogP contribution in [0.25, 0.3) is 6.08 Å². The fraction of sp³-hybridized carbons (Fsp3) is 0.111. The van der Waals surface area contributed by atoms with Crippen LogP contribution in [0.15, 0.2) is 47.4 Å². The zero-order valence-corrected chi connectivity index (χ0v) is 14.7. The van der Waals surface area contributed by atoms with Crippen molar-refractivity contribution < 1.29 is 9.53 Å². The van der Waals surface area contributed by atoms with Crippen LogP contribution < -0.4 is 9.64 Å². The molecule has 2 aromatic carbocycles. The molecule has 2 aromatic rings. The minimum absolute atomic E-state index is 0.195. The Morgan fingerprint density at radius 2 is 2.00 bits per heavy atom. The molecule has 122 valence electrons. The van der Waals surface area contributed by atoms with E-state index in [1.54, 1.807) is 25.3 Å². The summed E-state index contributed by atoms with van der Waals surface area (Å²) in [5, 5.41) is 8.83. The molecule has 0 radical (unpaired) electrons. The largest absolute Gasteiger partial charge is 0.495 e. The maximum atomic E-state index is 12.7. The van der Waals surface area contributed by atoms with Gasteiger partial charge in [0.2, 0.25) is 0 Å². The maximum Gasteiger partial charge on any atom is 0.271 e. The Labute approximate surface area is 149 Å². The van der Waals surface area contributed by atoms with Crippen molar-refractivity contribution in [3.05, 3.63) is 63.5 Å². The number of amides is 1. The fourth-order valence-electron chi connectivity index (χ4n) is 2.44. The molecule has 1 aliphatic rings. The molecule has 0 aromatic heterocycles. The summed E-state index contributed by atoms with van der Waals surface area (Å²) in [5.41, 5.74) is 2.47. The number of benzene rings is 2.